The van der Waals surface area contributed by atoms with Gasteiger partial charge >= 0.3 is 0 Å². The van der Waals surface area contributed by atoms with E-state index in [9.17, 15) is 0 Å². The summed E-state index contributed by atoms with van der Waals surface area (Å²) in [7, 11) is 0.0512. The summed E-state index contributed by atoms with van der Waals surface area (Å²) in [5.74, 6) is 0.843. The van der Waals surface area contributed by atoms with E-state index in [1.165, 1.54) is 19.1 Å². The number of nitrogens with zero attached hydrogens (tertiary/aromatic N) is 1. The van der Waals surface area contributed by atoms with E-state index in [1.807, 2.05) is 0 Å². The summed E-state index contributed by atoms with van der Waals surface area (Å²) in [6.45, 7) is 12.8. The van der Waals surface area contributed by atoms with Crippen molar-refractivity contribution in [3.8, 4) is 0 Å². The Labute approximate surface area is 90.0 Å². The molecule has 1 fully saturated rings. The standard InChI is InChI=1S/C11H25N2P/c1-10-5-7-13(8-6-12)14(4)9-11(10,2)3/h10H,5-9,12H2,1-4H3. The highest BCUT2D eigenvalue weighted by Crippen LogP contribution is 2.48. The minimum absolute atomic E-state index is 0.0512. The van der Waals surface area contributed by atoms with Crippen LogP contribution in [0.25, 0.3) is 0 Å². The highest BCUT2D eigenvalue weighted by Gasteiger charge is 2.33. The van der Waals surface area contributed by atoms with Gasteiger partial charge in [0.25, 0.3) is 0 Å². The summed E-state index contributed by atoms with van der Waals surface area (Å²) in [5, 5.41) is 0. The zero-order chi connectivity index (χ0) is 10.8. The van der Waals surface area contributed by atoms with Gasteiger partial charge in [-0.1, -0.05) is 20.8 Å². The highest BCUT2D eigenvalue weighted by atomic mass is 31.1. The van der Waals surface area contributed by atoms with Crippen molar-refractivity contribution in [1.82, 2.24) is 4.67 Å². The zero-order valence-corrected chi connectivity index (χ0v) is 11.0. The second kappa shape index (κ2) is 4.92. The monoisotopic (exact) mass is 216 g/mol. The Bertz CT molecular complexity index is 182. The van der Waals surface area contributed by atoms with Gasteiger partial charge in [-0.3, -0.25) is 4.67 Å². The Hall–Kier alpha value is 0.350. The average Bonchev–Trinajstić information content (AvgIpc) is 2.17. The van der Waals surface area contributed by atoms with Gasteiger partial charge in [-0.2, -0.15) is 0 Å². The molecular formula is C11H25N2P. The first kappa shape index (κ1) is 12.4. The molecule has 1 aliphatic rings. The van der Waals surface area contributed by atoms with Gasteiger partial charge in [0.1, 0.15) is 0 Å². The van der Waals surface area contributed by atoms with Crippen LogP contribution in [0.5, 0.6) is 0 Å². The second-order valence-corrected chi connectivity index (χ2v) is 7.43. The van der Waals surface area contributed by atoms with Gasteiger partial charge in [-0.15, -0.1) is 0 Å². The van der Waals surface area contributed by atoms with E-state index < -0.39 is 0 Å². The molecule has 0 bridgehead atoms. The molecule has 1 saturated heterocycles. The molecule has 2 atom stereocenters. The van der Waals surface area contributed by atoms with Gasteiger partial charge in [0.15, 0.2) is 0 Å². The van der Waals surface area contributed by atoms with Crippen molar-refractivity contribution < 1.29 is 0 Å². The zero-order valence-electron chi connectivity index (χ0n) is 10.1. The molecule has 1 rings (SSSR count). The molecule has 14 heavy (non-hydrogen) atoms. The fourth-order valence-corrected chi connectivity index (χ4v) is 4.79. The predicted molar refractivity (Wildman–Crippen MR) is 65.9 cm³/mol. The Morgan fingerprint density at radius 1 is 1.50 bits per heavy atom. The third-order valence-corrected chi connectivity index (χ3v) is 6.30. The molecule has 1 heterocycles. The molecule has 0 aromatic carbocycles. The fraction of sp³-hybridized carbons (Fsp3) is 1.00. The summed E-state index contributed by atoms with van der Waals surface area (Å²) < 4.78 is 2.61. The van der Waals surface area contributed by atoms with Gasteiger partial charge in [-0.25, -0.2) is 0 Å². The van der Waals surface area contributed by atoms with Crippen LogP contribution in [0.4, 0.5) is 0 Å². The topological polar surface area (TPSA) is 29.3 Å². The lowest BCUT2D eigenvalue weighted by Gasteiger charge is -2.32. The van der Waals surface area contributed by atoms with Gasteiger partial charge < -0.3 is 5.73 Å². The van der Waals surface area contributed by atoms with Crippen LogP contribution in [-0.2, 0) is 0 Å². The maximum atomic E-state index is 5.64. The SMILES string of the molecule is CC1CCN(CCN)P(C)CC1(C)C. The van der Waals surface area contributed by atoms with Crippen molar-refractivity contribution in [3.05, 3.63) is 0 Å². The van der Waals surface area contributed by atoms with E-state index >= 15 is 0 Å². The lowest BCUT2D eigenvalue weighted by molar-refractivity contribution is 0.252. The molecule has 1 aliphatic heterocycles. The first-order chi connectivity index (χ1) is 6.47. The van der Waals surface area contributed by atoms with E-state index in [4.69, 9.17) is 5.73 Å². The number of hydrogen-bond donors (Lipinski definition) is 1. The van der Waals surface area contributed by atoms with Crippen molar-refractivity contribution >= 4 is 8.07 Å². The van der Waals surface area contributed by atoms with Crippen LogP contribution in [0.1, 0.15) is 27.2 Å². The Morgan fingerprint density at radius 2 is 2.14 bits per heavy atom. The van der Waals surface area contributed by atoms with Crippen LogP contribution < -0.4 is 5.73 Å². The Kier molecular flexibility index (Phi) is 4.36. The predicted octanol–water partition coefficient (Wildman–Crippen LogP) is 2.34. The molecule has 84 valence electrons. The molecular weight excluding hydrogens is 191 g/mol. The summed E-state index contributed by atoms with van der Waals surface area (Å²) >= 11 is 0. The minimum Gasteiger partial charge on any atom is -0.329 e. The second-order valence-electron chi connectivity index (χ2n) is 5.24. The smallest absolute Gasteiger partial charge is 0.0144 e. The van der Waals surface area contributed by atoms with Gasteiger partial charge in [0, 0.05) is 19.6 Å². The van der Waals surface area contributed by atoms with Crippen LogP contribution in [0.2, 0.25) is 0 Å². The first-order valence-electron chi connectivity index (χ1n) is 5.63. The molecule has 2 N–H and O–H groups in total. The average molecular weight is 216 g/mol. The third-order valence-electron chi connectivity index (χ3n) is 3.66. The van der Waals surface area contributed by atoms with Crippen LogP contribution in [0.15, 0.2) is 0 Å². The van der Waals surface area contributed by atoms with Crippen LogP contribution in [0.3, 0.4) is 0 Å². The molecule has 0 amide bonds. The van der Waals surface area contributed by atoms with Crippen molar-refractivity contribution in [2.45, 2.75) is 27.2 Å². The van der Waals surface area contributed by atoms with Crippen molar-refractivity contribution in [2.75, 3.05) is 32.5 Å². The number of nitrogens with two attached hydrogens (primary N) is 1. The Morgan fingerprint density at radius 3 is 2.71 bits per heavy atom. The summed E-state index contributed by atoms with van der Waals surface area (Å²) in [6.07, 6.45) is 2.70. The minimum atomic E-state index is 0.0512. The molecule has 0 saturated carbocycles. The maximum Gasteiger partial charge on any atom is 0.0144 e. The van der Waals surface area contributed by atoms with Crippen molar-refractivity contribution in [2.24, 2.45) is 17.1 Å². The van der Waals surface area contributed by atoms with E-state index in [2.05, 4.69) is 32.1 Å². The van der Waals surface area contributed by atoms with Crippen molar-refractivity contribution in [1.29, 1.82) is 0 Å². The lowest BCUT2D eigenvalue weighted by atomic mass is 9.80. The molecule has 0 aliphatic carbocycles. The normalized spacial score (nSPS) is 34.1. The fourth-order valence-electron chi connectivity index (χ4n) is 2.18. The lowest BCUT2D eigenvalue weighted by Crippen LogP contribution is -2.26. The largest absolute Gasteiger partial charge is 0.329 e. The number of hydrogen-bond acceptors (Lipinski definition) is 2. The molecule has 0 spiro atoms. The molecule has 3 heteroatoms. The van der Waals surface area contributed by atoms with Crippen LogP contribution >= 0.6 is 8.07 Å². The first-order valence-corrected chi connectivity index (χ1v) is 7.56. The Balaban J connectivity index is 2.63. The van der Waals surface area contributed by atoms with Gasteiger partial charge in [0.05, 0.1) is 0 Å². The molecule has 0 aromatic rings. The van der Waals surface area contributed by atoms with Crippen LogP contribution in [-0.4, -0.2) is 37.1 Å². The van der Waals surface area contributed by atoms with Crippen molar-refractivity contribution in [3.63, 3.8) is 0 Å². The molecule has 2 unspecified atom stereocenters. The van der Waals surface area contributed by atoms with E-state index in [1.54, 1.807) is 0 Å². The van der Waals surface area contributed by atoms with Crippen LogP contribution in [0, 0.1) is 11.3 Å². The summed E-state index contributed by atoms with van der Waals surface area (Å²) in [5.41, 5.74) is 6.16. The third kappa shape index (κ3) is 2.92. The quantitative estimate of drug-likeness (QED) is 0.718. The van der Waals surface area contributed by atoms with E-state index in [0.717, 1.165) is 19.0 Å². The van der Waals surface area contributed by atoms with E-state index in [0.29, 0.717) is 5.41 Å². The molecule has 2 nitrogen and oxygen atoms in total. The van der Waals surface area contributed by atoms with Gasteiger partial charge in [-0.05, 0) is 38.7 Å². The molecule has 0 aromatic heterocycles. The summed E-state index contributed by atoms with van der Waals surface area (Å²) in [4.78, 5) is 0. The number of rotatable bonds is 2. The highest BCUT2D eigenvalue weighted by molar-refractivity contribution is 7.54. The maximum absolute atomic E-state index is 5.64. The summed E-state index contributed by atoms with van der Waals surface area (Å²) in [6, 6.07) is 0. The van der Waals surface area contributed by atoms with E-state index in [-0.39, 0.29) is 8.07 Å². The molecule has 0 radical (unpaired) electrons. The van der Waals surface area contributed by atoms with Gasteiger partial charge in [0.2, 0.25) is 0 Å².